The lowest BCUT2D eigenvalue weighted by atomic mass is 9.48. The third kappa shape index (κ3) is 6.01. The highest BCUT2D eigenvalue weighted by Crippen LogP contribution is 2.60. The molecular formula is C34H38N2O4. The van der Waals surface area contributed by atoms with Crippen molar-refractivity contribution in [2.75, 3.05) is 18.5 Å². The smallest absolute Gasteiger partial charge is 0.262 e. The average molecular weight is 539 g/mol. The van der Waals surface area contributed by atoms with Gasteiger partial charge in [-0.25, -0.2) is 0 Å². The zero-order valence-electron chi connectivity index (χ0n) is 23.2. The summed E-state index contributed by atoms with van der Waals surface area (Å²) in [6, 6.07) is 23.9. The number of ether oxygens (including phenoxy) is 2. The summed E-state index contributed by atoms with van der Waals surface area (Å²) < 4.78 is 11.6. The molecule has 4 saturated carbocycles. The van der Waals surface area contributed by atoms with Gasteiger partial charge in [-0.3, -0.25) is 4.79 Å². The molecule has 3 aromatic rings. The fourth-order valence-electron chi connectivity index (χ4n) is 7.49. The van der Waals surface area contributed by atoms with Gasteiger partial charge in [-0.05, 0) is 110 Å². The van der Waals surface area contributed by atoms with Gasteiger partial charge in [0.1, 0.15) is 6.61 Å². The summed E-state index contributed by atoms with van der Waals surface area (Å²) in [5.74, 6) is 3.61. The molecule has 4 bridgehead atoms. The van der Waals surface area contributed by atoms with Crippen molar-refractivity contribution in [3.8, 4) is 11.5 Å². The van der Waals surface area contributed by atoms with Crippen molar-refractivity contribution in [3.63, 3.8) is 0 Å². The predicted octanol–water partition coefficient (Wildman–Crippen LogP) is 7.12. The molecule has 0 radical (unpaired) electrons. The lowest BCUT2D eigenvalue weighted by molar-refractivity contribution is -0.118. The maximum Gasteiger partial charge on any atom is 0.262 e. The van der Waals surface area contributed by atoms with Gasteiger partial charge in [0.25, 0.3) is 5.91 Å². The normalized spacial score (nSPS) is 24.7. The largest absolute Gasteiger partial charge is 0.490 e. The molecule has 1 N–H and O–H groups in total. The Hall–Kier alpha value is -3.80. The summed E-state index contributed by atoms with van der Waals surface area (Å²) in [5.41, 5.74) is 4.48. The lowest BCUT2D eigenvalue weighted by Crippen LogP contribution is -2.48. The molecule has 40 heavy (non-hydrogen) atoms. The zero-order valence-corrected chi connectivity index (χ0v) is 23.2. The molecule has 0 atom stereocenters. The molecule has 3 aromatic carbocycles. The van der Waals surface area contributed by atoms with E-state index < -0.39 is 0 Å². The number of amides is 1. The van der Waals surface area contributed by atoms with Crippen molar-refractivity contribution in [1.82, 2.24) is 0 Å². The molecule has 0 aromatic heterocycles. The second kappa shape index (κ2) is 11.7. The molecule has 0 saturated heterocycles. The van der Waals surface area contributed by atoms with Gasteiger partial charge in [-0.15, -0.1) is 0 Å². The molecule has 1 amide bonds. The first-order chi connectivity index (χ1) is 19.6. The quantitative estimate of drug-likeness (QED) is 0.208. The topological polar surface area (TPSA) is 69.1 Å². The third-order valence-corrected chi connectivity index (χ3v) is 8.80. The molecule has 208 valence electrons. The van der Waals surface area contributed by atoms with Gasteiger partial charge in [0.15, 0.2) is 18.1 Å². The van der Waals surface area contributed by atoms with Crippen LogP contribution in [0.25, 0.3) is 0 Å². The van der Waals surface area contributed by atoms with Crippen molar-refractivity contribution >= 4 is 17.8 Å². The Labute approximate surface area is 236 Å². The number of hydrogen-bond acceptors (Lipinski definition) is 5. The van der Waals surface area contributed by atoms with E-state index in [9.17, 15) is 4.79 Å². The summed E-state index contributed by atoms with van der Waals surface area (Å²) in [7, 11) is 0. The molecular weight excluding hydrogens is 500 g/mol. The molecule has 4 fully saturated rings. The summed E-state index contributed by atoms with van der Waals surface area (Å²) in [6.45, 7) is 2.68. The average Bonchev–Trinajstić information content (AvgIpc) is 2.95. The molecule has 4 aliphatic carbocycles. The number of benzene rings is 3. The molecule has 0 aliphatic heterocycles. The first kappa shape index (κ1) is 26.4. The van der Waals surface area contributed by atoms with Crippen LogP contribution in [0.2, 0.25) is 0 Å². The van der Waals surface area contributed by atoms with Gasteiger partial charge in [0, 0.05) is 11.3 Å². The van der Waals surface area contributed by atoms with E-state index in [0.717, 1.165) is 34.6 Å². The van der Waals surface area contributed by atoms with Crippen LogP contribution in [0.4, 0.5) is 5.69 Å². The van der Waals surface area contributed by atoms with Crippen LogP contribution in [0.3, 0.4) is 0 Å². The first-order valence-electron chi connectivity index (χ1n) is 14.6. The number of hydrogen-bond donors (Lipinski definition) is 1. The van der Waals surface area contributed by atoms with Crippen LogP contribution < -0.4 is 14.8 Å². The van der Waals surface area contributed by atoms with Gasteiger partial charge in [0.05, 0.1) is 12.8 Å². The standard InChI is InChI=1S/C34H38N2O4/c1-2-38-32-17-25(21-35-40-22-24-6-4-3-5-7-24)8-13-31(32)39-23-33(37)36-30-11-9-29(10-12-30)34-18-26-14-27(19-34)16-28(15-26)20-34/h3-13,17,21,26-28H,2,14-16,18-20,22-23H2,1H3,(H,36,37)/b35-21+. The van der Waals surface area contributed by atoms with E-state index in [0.29, 0.717) is 30.1 Å². The van der Waals surface area contributed by atoms with E-state index in [1.165, 1.54) is 44.1 Å². The van der Waals surface area contributed by atoms with E-state index in [1.807, 2.05) is 61.5 Å². The number of oxime groups is 1. The summed E-state index contributed by atoms with van der Waals surface area (Å²) in [5, 5.41) is 7.04. The zero-order chi connectivity index (χ0) is 27.4. The van der Waals surface area contributed by atoms with Crippen LogP contribution in [-0.4, -0.2) is 25.3 Å². The van der Waals surface area contributed by atoms with Gasteiger partial charge < -0.3 is 19.6 Å². The maximum absolute atomic E-state index is 12.7. The Morgan fingerprint density at radius 3 is 2.27 bits per heavy atom. The number of anilines is 1. The summed E-state index contributed by atoms with van der Waals surface area (Å²) in [4.78, 5) is 18.1. The van der Waals surface area contributed by atoms with E-state index in [4.69, 9.17) is 14.3 Å². The SMILES string of the molecule is CCOc1cc(/C=N/OCc2ccccc2)ccc1OCC(=O)Nc1ccc(C23CC4CC(CC(C4)C2)C3)cc1. The molecule has 0 spiro atoms. The lowest BCUT2D eigenvalue weighted by Gasteiger charge is -2.57. The van der Waals surface area contributed by atoms with Crippen molar-refractivity contribution < 1.29 is 19.1 Å². The van der Waals surface area contributed by atoms with E-state index in [-0.39, 0.29) is 12.5 Å². The summed E-state index contributed by atoms with van der Waals surface area (Å²) >= 11 is 0. The van der Waals surface area contributed by atoms with Gasteiger partial charge in [-0.1, -0.05) is 47.6 Å². The van der Waals surface area contributed by atoms with Crippen molar-refractivity contribution in [1.29, 1.82) is 0 Å². The summed E-state index contributed by atoms with van der Waals surface area (Å²) in [6.07, 6.45) is 9.98. The van der Waals surface area contributed by atoms with Crippen LogP contribution in [-0.2, 0) is 21.7 Å². The molecule has 7 rings (SSSR count). The highest BCUT2D eigenvalue weighted by molar-refractivity contribution is 5.92. The molecule has 6 nitrogen and oxygen atoms in total. The van der Waals surface area contributed by atoms with Crippen LogP contribution in [0.1, 0.15) is 62.1 Å². The molecule has 0 unspecified atom stereocenters. The van der Waals surface area contributed by atoms with Crippen molar-refractivity contribution in [3.05, 3.63) is 89.5 Å². The second-order valence-electron chi connectivity index (χ2n) is 11.7. The van der Waals surface area contributed by atoms with E-state index >= 15 is 0 Å². The Bertz CT molecular complexity index is 1300. The Kier molecular flexibility index (Phi) is 7.76. The molecule has 0 heterocycles. The van der Waals surface area contributed by atoms with Crippen LogP contribution in [0.15, 0.2) is 78.0 Å². The Morgan fingerprint density at radius 2 is 1.60 bits per heavy atom. The third-order valence-electron chi connectivity index (χ3n) is 8.80. The fourth-order valence-corrected chi connectivity index (χ4v) is 7.49. The fraction of sp³-hybridized carbons (Fsp3) is 0.412. The minimum atomic E-state index is -0.204. The number of nitrogens with zero attached hydrogens (tertiary/aromatic N) is 1. The van der Waals surface area contributed by atoms with Gasteiger partial charge >= 0.3 is 0 Å². The molecule has 6 heteroatoms. The van der Waals surface area contributed by atoms with Crippen LogP contribution >= 0.6 is 0 Å². The number of rotatable bonds is 11. The van der Waals surface area contributed by atoms with Gasteiger partial charge in [-0.2, -0.15) is 0 Å². The van der Waals surface area contributed by atoms with Gasteiger partial charge in [0.2, 0.25) is 0 Å². The van der Waals surface area contributed by atoms with Crippen LogP contribution in [0, 0.1) is 17.8 Å². The minimum absolute atomic E-state index is 0.107. The first-order valence-corrected chi connectivity index (χ1v) is 14.6. The van der Waals surface area contributed by atoms with E-state index in [2.05, 4.69) is 22.6 Å². The predicted molar refractivity (Wildman–Crippen MR) is 157 cm³/mol. The second-order valence-corrected chi connectivity index (χ2v) is 11.7. The highest BCUT2D eigenvalue weighted by atomic mass is 16.6. The monoisotopic (exact) mass is 538 g/mol. The highest BCUT2D eigenvalue weighted by Gasteiger charge is 2.51. The van der Waals surface area contributed by atoms with Crippen LogP contribution in [0.5, 0.6) is 11.5 Å². The number of nitrogens with one attached hydrogen (secondary N) is 1. The number of carbonyl (C=O) groups is 1. The Balaban J connectivity index is 1.02. The van der Waals surface area contributed by atoms with E-state index in [1.54, 1.807) is 12.3 Å². The van der Waals surface area contributed by atoms with Crippen molar-refractivity contribution in [2.24, 2.45) is 22.9 Å². The van der Waals surface area contributed by atoms with Crippen molar-refractivity contribution in [2.45, 2.75) is 57.5 Å². The minimum Gasteiger partial charge on any atom is -0.490 e. The number of carbonyl (C=O) groups excluding carboxylic acids is 1. The maximum atomic E-state index is 12.7. The Morgan fingerprint density at radius 1 is 0.900 bits per heavy atom. The molecule has 4 aliphatic rings.